The molecule has 0 saturated carbocycles. The molecule has 7 heteroatoms. The fourth-order valence-corrected chi connectivity index (χ4v) is 3.18. The van der Waals surface area contributed by atoms with Gasteiger partial charge in [-0.15, -0.1) is 0 Å². The van der Waals surface area contributed by atoms with Crippen molar-refractivity contribution in [3.05, 3.63) is 34.3 Å². The van der Waals surface area contributed by atoms with Gasteiger partial charge >= 0.3 is 6.18 Å². The molecule has 0 bridgehead atoms. The maximum atomic E-state index is 13.1. The second kappa shape index (κ2) is 5.05. The van der Waals surface area contributed by atoms with Crippen molar-refractivity contribution in [2.75, 3.05) is 11.9 Å². The number of fused-ring (bicyclic) bond motifs is 1. The molecule has 0 aliphatic carbocycles. The SMILES string of the molecule is Cc1ccccc1-c1nn2c(c1Br)NCCC2C(F)(F)F. The Bertz CT molecular complexity index is 679. The van der Waals surface area contributed by atoms with E-state index >= 15 is 0 Å². The van der Waals surface area contributed by atoms with Crippen molar-refractivity contribution in [1.82, 2.24) is 9.78 Å². The van der Waals surface area contributed by atoms with Crippen molar-refractivity contribution >= 4 is 21.7 Å². The van der Waals surface area contributed by atoms with Crippen LogP contribution < -0.4 is 5.32 Å². The van der Waals surface area contributed by atoms with Crippen LogP contribution in [0.5, 0.6) is 0 Å². The maximum Gasteiger partial charge on any atom is 0.410 e. The normalized spacial score (nSPS) is 18.2. The predicted molar refractivity (Wildman–Crippen MR) is 78.3 cm³/mol. The lowest BCUT2D eigenvalue weighted by Crippen LogP contribution is -2.34. The zero-order valence-electron chi connectivity index (χ0n) is 11.2. The Morgan fingerprint density at radius 3 is 2.71 bits per heavy atom. The van der Waals surface area contributed by atoms with Gasteiger partial charge in [0.15, 0.2) is 6.04 Å². The number of nitrogens with one attached hydrogen (secondary N) is 1. The first-order valence-corrected chi connectivity index (χ1v) is 7.33. The van der Waals surface area contributed by atoms with E-state index in [9.17, 15) is 13.2 Å². The van der Waals surface area contributed by atoms with Crippen molar-refractivity contribution in [3.8, 4) is 11.3 Å². The lowest BCUT2D eigenvalue weighted by Gasteiger charge is -2.27. The van der Waals surface area contributed by atoms with Crippen LogP contribution in [0, 0.1) is 6.92 Å². The molecule has 0 amide bonds. The number of anilines is 1. The van der Waals surface area contributed by atoms with Gasteiger partial charge in [-0.05, 0) is 34.8 Å². The molecule has 2 aromatic rings. The van der Waals surface area contributed by atoms with Crippen LogP contribution in [0.3, 0.4) is 0 Å². The van der Waals surface area contributed by atoms with Gasteiger partial charge in [0.25, 0.3) is 0 Å². The fourth-order valence-electron chi connectivity index (χ4n) is 2.56. The summed E-state index contributed by atoms with van der Waals surface area (Å²) in [5.41, 5.74) is 2.33. The molecule has 1 aromatic carbocycles. The Labute approximate surface area is 128 Å². The maximum absolute atomic E-state index is 13.1. The highest BCUT2D eigenvalue weighted by molar-refractivity contribution is 9.10. The van der Waals surface area contributed by atoms with Crippen LogP contribution in [0.15, 0.2) is 28.7 Å². The average Bonchev–Trinajstić information content (AvgIpc) is 2.76. The lowest BCUT2D eigenvalue weighted by atomic mass is 10.1. The minimum Gasteiger partial charge on any atom is -0.369 e. The summed E-state index contributed by atoms with van der Waals surface area (Å²) in [6.07, 6.45) is -4.32. The second-order valence-corrected chi connectivity index (χ2v) is 5.84. The molecule has 112 valence electrons. The summed E-state index contributed by atoms with van der Waals surface area (Å²) in [5, 5.41) is 7.21. The number of hydrogen-bond donors (Lipinski definition) is 1. The number of halogens is 4. The van der Waals surface area contributed by atoms with Gasteiger partial charge in [-0.25, -0.2) is 4.68 Å². The zero-order valence-corrected chi connectivity index (χ0v) is 12.8. The first kappa shape index (κ1) is 14.4. The Morgan fingerprint density at radius 2 is 2.05 bits per heavy atom. The van der Waals surface area contributed by atoms with Crippen LogP contribution in [0.4, 0.5) is 19.0 Å². The topological polar surface area (TPSA) is 29.9 Å². The van der Waals surface area contributed by atoms with Gasteiger partial charge in [-0.1, -0.05) is 24.3 Å². The molecule has 3 nitrogen and oxygen atoms in total. The van der Waals surface area contributed by atoms with E-state index in [1.807, 2.05) is 31.2 Å². The van der Waals surface area contributed by atoms with Crippen LogP contribution in [0.1, 0.15) is 18.0 Å². The van der Waals surface area contributed by atoms with E-state index in [2.05, 4.69) is 26.3 Å². The Balaban J connectivity index is 2.15. The summed E-state index contributed by atoms with van der Waals surface area (Å²) in [7, 11) is 0. The zero-order chi connectivity index (χ0) is 15.2. The summed E-state index contributed by atoms with van der Waals surface area (Å²) in [5.74, 6) is 0.391. The molecule has 0 radical (unpaired) electrons. The monoisotopic (exact) mass is 359 g/mol. The minimum atomic E-state index is -4.30. The van der Waals surface area contributed by atoms with Crippen molar-refractivity contribution in [2.24, 2.45) is 0 Å². The number of hydrogen-bond acceptors (Lipinski definition) is 2. The first-order chi connectivity index (χ1) is 9.89. The lowest BCUT2D eigenvalue weighted by molar-refractivity contribution is -0.171. The number of alkyl halides is 3. The van der Waals surface area contributed by atoms with Gasteiger partial charge in [-0.2, -0.15) is 18.3 Å². The Kier molecular flexibility index (Phi) is 3.47. The molecule has 1 aromatic heterocycles. The largest absolute Gasteiger partial charge is 0.410 e. The number of benzene rings is 1. The van der Waals surface area contributed by atoms with Gasteiger partial charge in [0.1, 0.15) is 11.5 Å². The predicted octanol–water partition coefficient (Wildman–Crippen LogP) is 4.54. The molecule has 1 N–H and O–H groups in total. The molecule has 21 heavy (non-hydrogen) atoms. The van der Waals surface area contributed by atoms with E-state index < -0.39 is 12.2 Å². The molecule has 0 spiro atoms. The van der Waals surface area contributed by atoms with E-state index in [-0.39, 0.29) is 13.0 Å². The summed E-state index contributed by atoms with van der Waals surface area (Å²) >= 11 is 3.39. The summed E-state index contributed by atoms with van der Waals surface area (Å²) < 4.78 is 41.0. The molecule has 0 fully saturated rings. The summed E-state index contributed by atoms with van der Waals surface area (Å²) in [4.78, 5) is 0. The molecule has 1 unspecified atom stereocenters. The highest BCUT2D eigenvalue weighted by Gasteiger charge is 2.44. The molecular formula is C14H13BrF3N3. The van der Waals surface area contributed by atoms with Gasteiger partial charge < -0.3 is 5.32 Å². The number of nitrogens with zero attached hydrogens (tertiary/aromatic N) is 2. The molecule has 1 aliphatic heterocycles. The van der Waals surface area contributed by atoms with Crippen LogP contribution in [-0.2, 0) is 0 Å². The standard InChI is InChI=1S/C14H13BrF3N3/c1-8-4-2-3-5-9(8)12-11(15)13-19-7-6-10(14(16,17)18)21(13)20-12/h2-5,10,19H,6-7H2,1H3. The third kappa shape index (κ3) is 2.43. The van der Waals surface area contributed by atoms with Gasteiger partial charge in [0.2, 0.25) is 0 Å². The minimum absolute atomic E-state index is 0.0160. The van der Waals surface area contributed by atoms with Crippen LogP contribution in [0.2, 0.25) is 0 Å². The van der Waals surface area contributed by atoms with E-state index in [4.69, 9.17) is 0 Å². The Hall–Kier alpha value is -1.50. The Morgan fingerprint density at radius 1 is 1.33 bits per heavy atom. The van der Waals surface area contributed by atoms with Crippen molar-refractivity contribution in [2.45, 2.75) is 25.6 Å². The van der Waals surface area contributed by atoms with Crippen molar-refractivity contribution < 1.29 is 13.2 Å². The highest BCUT2D eigenvalue weighted by atomic mass is 79.9. The van der Waals surface area contributed by atoms with Crippen LogP contribution in [-0.4, -0.2) is 22.5 Å². The second-order valence-electron chi connectivity index (χ2n) is 5.04. The van der Waals surface area contributed by atoms with E-state index in [1.54, 1.807) is 0 Å². The van der Waals surface area contributed by atoms with E-state index in [1.165, 1.54) is 0 Å². The third-order valence-corrected chi connectivity index (χ3v) is 4.39. The number of aryl methyl sites for hydroxylation is 1. The van der Waals surface area contributed by atoms with Crippen molar-refractivity contribution in [3.63, 3.8) is 0 Å². The van der Waals surface area contributed by atoms with Crippen LogP contribution >= 0.6 is 15.9 Å². The molecule has 1 aliphatic rings. The van der Waals surface area contributed by atoms with Gasteiger partial charge in [0, 0.05) is 12.1 Å². The van der Waals surface area contributed by atoms with E-state index in [0.717, 1.165) is 15.8 Å². The van der Waals surface area contributed by atoms with Gasteiger partial charge in [-0.3, -0.25) is 0 Å². The first-order valence-electron chi connectivity index (χ1n) is 6.54. The van der Waals surface area contributed by atoms with Crippen LogP contribution in [0.25, 0.3) is 11.3 Å². The molecule has 3 rings (SSSR count). The van der Waals surface area contributed by atoms with E-state index in [0.29, 0.717) is 16.0 Å². The fraction of sp³-hybridized carbons (Fsp3) is 0.357. The summed E-state index contributed by atoms with van der Waals surface area (Å²) in [6, 6.07) is 5.93. The molecule has 1 atom stereocenters. The molecular weight excluding hydrogens is 347 g/mol. The molecule has 2 heterocycles. The smallest absolute Gasteiger partial charge is 0.369 e. The molecule has 0 saturated heterocycles. The van der Waals surface area contributed by atoms with Gasteiger partial charge in [0.05, 0.1) is 4.47 Å². The van der Waals surface area contributed by atoms with Crippen molar-refractivity contribution in [1.29, 1.82) is 0 Å². The quantitative estimate of drug-likeness (QED) is 0.809. The number of rotatable bonds is 1. The average molecular weight is 360 g/mol. The highest BCUT2D eigenvalue weighted by Crippen LogP contribution is 2.43. The summed E-state index contributed by atoms with van der Waals surface area (Å²) in [6.45, 7) is 2.19. The number of aromatic nitrogens is 2. The third-order valence-electron chi connectivity index (χ3n) is 3.64.